The average Bonchev–Trinajstić information content (AvgIpc) is 2.14. The maximum atomic E-state index is 13.2. The molecule has 1 unspecified atom stereocenters. The van der Waals surface area contributed by atoms with Crippen LogP contribution in [0.3, 0.4) is 0 Å². The number of benzene rings is 1. The van der Waals surface area contributed by atoms with Crippen molar-refractivity contribution in [3.8, 4) is 0 Å². The lowest BCUT2D eigenvalue weighted by Crippen LogP contribution is -2.41. The molecule has 1 rings (SSSR count). The average molecular weight is 268 g/mol. The lowest BCUT2D eigenvalue weighted by atomic mass is 10.1. The van der Waals surface area contributed by atoms with Crippen molar-refractivity contribution in [2.24, 2.45) is 0 Å². The van der Waals surface area contributed by atoms with Crippen LogP contribution in [0, 0.1) is 0 Å². The molecule has 0 bridgehead atoms. The van der Waals surface area contributed by atoms with Crippen molar-refractivity contribution in [2.45, 2.75) is 52.2 Å². The fourth-order valence-corrected chi connectivity index (χ4v) is 3.71. The summed E-state index contributed by atoms with van der Waals surface area (Å²) in [7, 11) is -2.75. The summed E-state index contributed by atoms with van der Waals surface area (Å²) in [6.45, 7) is 12.0. The van der Waals surface area contributed by atoms with Crippen molar-refractivity contribution < 1.29 is 4.57 Å². The standard InChI is InChI=1S/C14H25N2OP/c1-13(2,3)16-18(17,14(4,5)6)15-12-10-8-7-9-11-12/h7-11H,1-6H3,(H2,15,16,17). The van der Waals surface area contributed by atoms with Gasteiger partial charge in [0.1, 0.15) is 0 Å². The molecular weight excluding hydrogens is 243 g/mol. The topological polar surface area (TPSA) is 41.1 Å². The van der Waals surface area contributed by atoms with Crippen LogP contribution >= 0.6 is 7.44 Å². The minimum Gasteiger partial charge on any atom is -0.324 e. The SMILES string of the molecule is CC(C)(C)NP(=O)(Nc1ccccc1)C(C)(C)C. The first-order valence-electron chi connectivity index (χ1n) is 6.26. The van der Waals surface area contributed by atoms with E-state index >= 15 is 0 Å². The highest BCUT2D eigenvalue weighted by atomic mass is 31.2. The summed E-state index contributed by atoms with van der Waals surface area (Å²) in [5, 5.41) is 6.11. The van der Waals surface area contributed by atoms with Gasteiger partial charge in [0.25, 0.3) is 0 Å². The summed E-state index contributed by atoms with van der Waals surface area (Å²) in [6.07, 6.45) is 0. The van der Waals surface area contributed by atoms with Gasteiger partial charge in [0.05, 0.1) is 0 Å². The molecule has 0 saturated heterocycles. The van der Waals surface area contributed by atoms with Crippen LogP contribution in [0.2, 0.25) is 0 Å². The van der Waals surface area contributed by atoms with Crippen molar-refractivity contribution in [2.75, 3.05) is 5.09 Å². The molecule has 0 aliphatic heterocycles. The van der Waals surface area contributed by atoms with Crippen molar-refractivity contribution in [3.05, 3.63) is 30.3 Å². The summed E-state index contributed by atoms with van der Waals surface area (Å²) >= 11 is 0. The van der Waals surface area contributed by atoms with Gasteiger partial charge in [-0.05, 0) is 32.9 Å². The Morgan fingerprint density at radius 3 is 1.83 bits per heavy atom. The molecule has 0 saturated carbocycles. The largest absolute Gasteiger partial charge is 0.324 e. The summed E-state index contributed by atoms with van der Waals surface area (Å²) < 4.78 is 13.2. The van der Waals surface area contributed by atoms with Gasteiger partial charge in [-0.3, -0.25) is 4.57 Å². The van der Waals surface area contributed by atoms with Crippen molar-refractivity contribution in [1.29, 1.82) is 0 Å². The molecule has 102 valence electrons. The molecule has 0 fully saturated rings. The molecule has 0 heterocycles. The first-order valence-corrected chi connectivity index (χ1v) is 7.97. The van der Waals surface area contributed by atoms with Crippen LogP contribution in [0.5, 0.6) is 0 Å². The third kappa shape index (κ3) is 4.15. The number of anilines is 1. The van der Waals surface area contributed by atoms with E-state index in [9.17, 15) is 4.57 Å². The fourth-order valence-electron chi connectivity index (χ4n) is 1.53. The predicted molar refractivity (Wildman–Crippen MR) is 80.3 cm³/mol. The van der Waals surface area contributed by atoms with Crippen molar-refractivity contribution >= 4 is 13.1 Å². The Balaban J connectivity index is 3.04. The van der Waals surface area contributed by atoms with E-state index in [1.807, 2.05) is 71.9 Å². The Labute approximate surface area is 111 Å². The highest BCUT2D eigenvalue weighted by Crippen LogP contribution is 2.54. The summed E-state index contributed by atoms with van der Waals surface area (Å²) in [4.78, 5) is 0. The van der Waals surface area contributed by atoms with E-state index in [1.54, 1.807) is 0 Å². The summed E-state index contributed by atoms with van der Waals surface area (Å²) in [5.74, 6) is 0. The van der Waals surface area contributed by atoms with Gasteiger partial charge in [-0.15, -0.1) is 0 Å². The van der Waals surface area contributed by atoms with Gasteiger partial charge in [0.15, 0.2) is 0 Å². The zero-order valence-electron chi connectivity index (χ0n) is 12.2. The Morgan fingerprint density at radius 2 is 1.44 bits per heavy atom. The Kier molecular flexibility index (Phi) is 4.30. The molecule has 1 aromatic rings. The Bertz CT molecular complexity index is 429. The molecule has 3 nitrogen and oxygen atoms in total. The molecule has 0 spiro atoms. The second kappa shape index (κ2) is 5.07. The van der Waals surface area contributed by atoms with Gasteiger partial charge in [-0.2, -0.15) is 0 Å². The fraction of sp³-hybridized carbons (Fsp3) is 0.571. The van der Waals surface area contributed by atoms with Crippen LogP contribution in [0.25, 0.3) is 0 Å². The van der Waals surface area contributed by atoms with Gasteiger partial charge < -0.3 is 5.09 Å². The van der Waals surface area contributed by atoms with Crippen LogP contribution < -0.4 is 10.2 Å². The number of hydrogen-bond acceptors (Lipinski definition) is 1. The van der Waals surface area contributed by atoms with E-state index in [2.05, 4.69) is 10.2 Å². The van der Waals surface area contributed by atoms with Crippen LogP contribution in [0.4, 0.5) is 5.69 Å². The van der Waals surface area contributed by atoms with Crippen LogP contribution in [-0.4, -0.2) is 10.7 Å². The van der Waals surface area contributed by atoms with E-state index in [-0.39, 0.29) is 10.7 Å². The van der Waals surface area contributed by atoms with Gasteiger partial charge in [-0.25, -0.2) is 5.09 Å². The molecule has 0 aromatic heterocycles. The van der Waals surface area contributed by atoms with Gasteiger partial charge in [0, 0.05) is 16.4 Å². The van der Waals surface area contributed by atoms with Gasteiger partial charge in [0.2, 0.25) is 7.44 Å². The van der Waals surface area contributed by atoms with Gasteiger partial charge in [-0.1, -0.05) is 39.0 Å². The second-order valence-electron chi connectivity index (χ2n) is 6.62. The maximum Gasteiger partial charge on any atom is 0.240 e. The van der Waals surface area contributed by atoms with Crippen LogP contribution in [0.1, 0.15) is 41.5 Å². The predicted octanol–water partition coefficient (Wildman–Crippen LogP) is 4.48. The molecule has 2 N–H and O–H groups in total. The van der Waals surface area contributed by atoms with E-state index in [4.69, 9.17) is 0 Å². The number of rotatable bonds is 3. The normalized spacial score (nSPS) is 16.1. The van der Waals surface area contributed by atoms with Crippen molar-refractivity contribution in [3.63, 3.8) is 0 Å². The summed E-state index contributed by atoms with van der Waals surface area (Å²) in [5.41, 5.74) is 0.678. The number of para-hydroxylation sites is 1. The Morgan fingerprint density at radius 1 is 0.944 bits per heavy atom. The molecule has 1 aromatic carbocycles. The molecular formula is C14H25N2OP. The summed E-state index contributed by atoms with van der Waals surface area (Å²) in [6, 6.07) is 9.69. The second-order valence-corrected chi connectivity index (χ2v) is 9.63. The molecule has 1 atom stereocenters. The van der Waals surface area contributed by atoms with Crippen molar-refractivity contribution in [1.82, 2.24) is 5.09 Å². The smallest absolute Gasteiger partial charge is 0.240 e. The minimum atomic E-state index is -2.75. The molecule has 0 amide bonds. The van der Waals surface area contributed by atoms with E-state index < -0.39 is 7.44 Å². The van der Waals surface area contributed by atoms with Gasteiger partial charge >= 0.3 is 0 Å². The zero-order chi connectivity index (χ0) is 14.0. The van der Waals surface area contributed by atoms with Crippen LogP contribution in [-0.2, 0) is 4.57 Å². The third-order valence-corrected chi connectivity index (χ3v) is 5.95. The third-order valence-electron chi connectivity index (χ3n) is 2.50. The highest BCUT2D eigenvalue weighted by molar-refractivity contribution is 7.65. The first-order chi connectivity index (χ1) is 8.04. The lowest BCUT2D eigenvalue weighted by Gasteiger charge is -2.37. The molecule has 0 radical (unpaired) electrons. The molecule has 18 heavy (non-hydrogen) atoms. The first kappa shape index (κ1) is 15.3. The molecule has 4 heteroatoms. The van der Waals surface area contributed by atoms with E-state index in [0.717, 1.165) is 5.69 Å². The number of hydrogen-bond donors (Lipinski definition) is 2. The van der Waals surface area contributed by atoms with E-state index in [1.165, 1.54) is 0 Å². The Hall–Kier alpha value is -0.790. The van der Waals surface area contributed by atoms with Crippen LogP contribution in [0.15, 0.2) is 30.3 Å². The van der Waals surface area contributed by atoms with E-state index in [0.29, 0.717) is 0 Å². The quantitative estimate of drug-likeness (QED) is 0.794. The molecule has 0 aliphatic rings. The lowest BCUT2D eigenvalue weighted by molar-refractivity contribution is 0.474. The molecule has 0 aliphatic carbocycles. The maximum absolute atomic E-state index is 13.2. The highest BCUT2D eigenvalue weighted by Gasteiger charge is 2.39. The minimum absolute atomic E-state index is 0.204. The monoisotopic (exact) mass is 268 g/mol. The number of nitrogens with one attached hydrogen (secondary N) is 2. The zero-order valence-corrected chi connectivity index (χ0v) is 13.1.